The maximum atomic E-state index is 12.3. The van der Waals surface area contributed by atoms with E-state index in [1.165, 1.54) is 17.8 Å². The number of nitrogens with zero attached hydrogens (tertiary/aromatic N) is 4. The van der Waals surface area contributed by atoms with E-state index in [-0.39, 0.29) is 5.75 Å². The molecule has 1 aromatic carbocycles. The first-order valence-corrected chi connectivity index (χ1v) is 8.08. The van der Waals surface area contributed by atoms with E-state index in [2.05, 4.69) is 19.9 Å². The minimum Gasteiger partial charge on any atom is -0.435 e. The molecule has 0 fully saturated rings. The number of aromatic nitrogens is 4. The predicted octanol–water partition coefficient (Wildman–Crippen LogP) is 3.77. The van der Waals surface area contributed by atoms with E-state index < -0.39 is 6.61 Å². The smallest absolute Gasteiger partial charge is 0.387 e. The summed E-state index contributed by atoms with van der Waals surface area (Å²) in [5.74, 6) is 1.44. The zero-order valence-electron chi connectivity index (χ0n) is 12.8. The van der Waals surface area contributed by atoms with Crippen molar-refractivity contribution in [2.24, 2.45) is 7.05 Å². The molecule has 5 nitrogen and oxygen atoms in total. The molecule has 0 aliphatic heterocycles. The molecule has 0 aliphatic rings. The van der Waals surface area contributed by atoms with Gasteiger partial charge in [-0.2, -0.15) is 8.78 Å². The Balaban J connectivity index is 1.71. The van der Waals surface area contributed by atoms with E-state index in [4.69, 9.17) is 0 Å². The fourth-order valence-electron chi connectivity index (χ4n) is 2.15. The van der Waals surface area contributed by atoms with Crippen LogP contribution >= 0.6 is 11.8 Å². The summed E-state index contributed by atoms with van der Waals surface area (Å²) in [6, 6.07) is 10.4. The second kappa shape index (κ2) is 7.39. The van der Waals surface area contributed by atoms with Crippen LogP contribution in [0.25, 0.3) is 11.4 Å². The molecule has 2 aromatic heterocycles. The summed E-state index contributed by atoms with van der Waals surface area (Å²) in [5.41, 5.74) is 1.75. The molecule has 0 radical (unpaired) electrons. The van der Waals surface area contributed by atoms with Crippen molar-refractivity contribution >= 4 is 11.8 Å². The SMILES string of the molecule is Cn1c(SCc2cccc(OC(F)F)c2)nnc1-c1cccnc1. The third-order valence-electron chi connectivity index (χ3n) is 3.25. The Kier molecular flexibility index (Phi) is 5.05. The van der Waals surface area contributed by atoms with Crippen LogP contribution in [0.1, 0.15) is 5.56 Å². The third-order valence-corrected chi connectivity index (χ3v) is 4.34. The van der Waals surface area contributed by atoms with Crippen molar-refractivity contribution in [2.75, 3.05) is 0 Å². The van der Waals surface area contributed by atoms with Crippen LogP contribution in [0.3, 0.4) is 0 Å². The molecule has 0 N–H and O–H groups in total. The first kappa shape index (κ1) is 16.4. The minimum atomic E-state index is -2.83. The summed E-state index contributed by atoms with van der Waals surface area (Å²) in [6.07, 6.45) is 3.42. The van der Waals surface area contributed by atoms with E-state index in [1.807, 2.05) is 29.8 Å². The highest BCUT2D eigenvalue weighted by atomic mass is 32.2. The molecule has 2 heterocycles. The van der Waals surface area contributed by atoms with Crippen LogP contribution < -0.4 is 4.74 Å². The molecule has 124 valence electrons. The second-order valence-electron chi connectivity index (χ2n) is 4.92. The lowest BCUT2D eigenvalue weighted by Crippen LogP contribution is -2.02. The fraction of sp³-hybridized carbons (Fsp3) is 0.188. The summed E-state index contributed by atoms with van der Waals surface area (Å²) >= 11 is 1.47. The van der Waals surface area contributed by atoms with Crippen LogP contribution in [0.2, 0.25) is 0 Å². The largest absolute Gasteiger partial charge is 0.435 e. The van der Waals surface area contributed by atoms with Gasteiger partial charge in [-0.15, -0.1) is 10.2 Å². The Morgan fingerprint density at radius 2 is 2.08 bits per heavy atom. The predicted molar refractivity (Wildman–Crippen MR) is 86.9 cm³/mol. The quantitative estimate of drug-likeness (QED) is 0.635. The Morgan fingerprint density at radius 1 is 1.21 bits per heavy atom. The lowest BCUT2D eigenvalue weighted by Gasteiger charge is -2.07. The third kappa shape index (κ3) is 3.88. The molecule has 3 aromatic rings. The molecule has 0 atom stereocenters. The summed E-state index contributed by atoms with van der Waals surface area (Å²) in [7, 11) is 1.88. The number of hydrogen-bond donors (Lipinski definition) is 0. The molecule has 0 bridgehead atoms. The summed E-state index contributed by atoms with van der Waals surface area (Å²) in [6.45, 7) is -2.83. The molecule has 24 heavy (non-hydrogen) atoms. The summed E-state index contributed by atoms with van der Waals surface area (Å²) < 4.78 is 30.8. The maximum absolute atomic E-state index is 12.3. The Morgan fingerprint density at radius 3 is 2.83 bits per heavy atom. The van der Waals surface area contributed by atoms with Crippen molar-refractivity contribution in [1.29, 1.82) is 0 Å². The molecular weight excluding hydrogens is 334 g/mol. The van der Waals surface area contributed by atoms with Gasteiger partial charge >= 0.3 is 6.61 Å². The van der Waals surface area contributed by atoms with Crippen molar-refractivity contribution in [3.8, 4) is 17.1 Å². The van der Waals surface area contributed by atoms with Crippen LogP contribution in [-0.2, 0) is 12.8 Å². The van der Waals surface area contributed by atoms with Crippen LogP contribution in [0.15, 0.2) is 53.9 Å². The van der Waals surface area contributed by atoms with Crippen LogP contribution in [-0.4, -0.2) is 26.4 Å². The Hall–Kier alpha value is -2.48. The van der Waals surface area contributed by atoms with E-state index in [0.717, 1.165) is 22.1 Å². The zero-order valence-corrected chi connectivity index (χ0v) is 13.6. The first-order chi connectivity index (χ1) is 11.6. The topological polar surface area (TPSA) is 52.8 Å². The molecule has 0 unspecified atom stereocenters. The van der Waals surface area contributed by atoms with Gasteiger partial charge in [0.05, 0.1) is 0 Å². The molecule has 0 saturated heterocycles. The van der Waals surface area contributed by atoms with E-state index >= 15 is 0 Å². The van der Waals surface area contributed by atoms with E-state index in [9.17, 15) is 8.78 Å². The van der Waals surface area contributed by atoms with E-state index in [1.54, 1.807) is 24.5 Å². The van der Waals surface area contributed by atoms with Crippen molar-refractivity contribution in [3.63, 3.8) is 0 Å². The maximum Gasteiger partial charge on any atom is 0.387 e. The van der Waals surface area contributed by atoms with Gasteiger partial charge in [-0.1, -0.05) is 23.9 Å². The van der Waals surface area contributed by atoms with Gasteiger partial charge in [-0.05, 0) is 29.8 Å². The highest BCUT2D eigenvalue weighted by Gasteiger charge is 2.12. The molecule has 0 amide bonds. The highest BCUT2D eigenvalue weighted by molar-refractivity contribution is 7.98. The zero-order chi connectivity index (χ0) is 16.9. The molecule has 3 rings (SSSR count). The van der Waals surface area contributed by atoms with Crippen LogP contribution in [0.4, 0.5) is 8.78 Å². The number of alkyl halides is 2. The Bertz CT molecular complexity index is 811. The van der Waals surface area contributed by atoms with Crippen molar-refractivity contribution in [2.45, 2.75) is 17.5 Å². The molecule has 8 heteroatoms. The van der Waals surface area contributed by atoms with E-state index in [0.29, 0.717) is 5.75 Å². The second-order valence-corrected chi connectivity index (χ2v) is 5.86. The molecular formula is C16H14F2N4OS. The van der Waals surface area contributed by atoms with Crippen LogP contribution in [0, 0.1) is 0 Å². The highest BCUT2D eigenvalue weighted by Crippen LogP contribution is 2.26. The van der Waals surface area contributed by atoms with Gasteiger partial charge in [-0.3, -0.25) is 4.98 Å². The van der Waals surface area contributed by atoms with Crippen molar-refractivity contribution in [1.82, 2.24) is 19.7 Å². The standard InChI is InChI=1S/C16H14F2N4OS/c1-22-14(12-5-3-7-19-9-12)20-21-16(22)24-10-11-4-2-6-13(8-11)23-15(17)18/h2-9,15H,10H2,1H3. The number of benzene rings is 1. The molecule has 0 spiro atoms. The summed E-state index contributed by atoms with van der Waals surface area (Å²) in [5, 5.41) is 9.09. The van der Waals surface area contributed by atoms with Gasteiger partial charge < -0.3 is 9.30 Å². The number of halogens is 2. The van der Waals surface area contributed by atoms with Crippen LogP contribution in [0.5, 0.6) is 5.75 Å². The van der Waals surface area contributed by atoms with Gasteiger partial charge in [-0.25, -0.2) is 0 Å². The molecule has 0 aliphatic carbocycles. The summed E-state index contributed by atoms with van der Waals surface area (Å²) in [4.78, 5) is 4.08. The average molecular weight is 348 g/mol. The minimum absolute atomic E-state index is 0.150. The number of thioether (sulfide) groups is 1. The van der Waals surface area contributed by atoms with Crippen molar-refractivity contribution in [3.05, 3.63) is 54.4 Å². The van der Waals surface area contributed by atoms with Gasteiger partial charge in [0.15, 0.2) is 11.0 Å². The molecule has 0 saturated carbocycles. The fourth-order valence-corrected chi connectivity index (χ4v) is 3.00. The first-order valence-electron chi connectivity index (χ1n) is 7.10. The van der Waals surface area contributed by atoms with Gasteiger partial charge in [0.1, 0.15) is 5.75 Å². The lowest BCUT2D eigenvalue weighted by atomic mass is 10.2. The normalized spacial score (nSPS) is 11.0. The monoisotopic (exact) mass is 348 g/mol. The van der Waals surface area contributed by atoms with Gasteiger partial charge in [0.25, 0.3) is 0 Å². The average Bonchev–Trinajstić information content (AvgIpc) is 2.94. The number of rotatable bonds is 6. The lowest BCUT2D eigenvalue weighted by molar-refractivity contribution is -0.0498. The number of pyridine rings is 1. The number of hydrogen-bond acceptors (Lipinski definition) is 5. The number of ether oxygens (including phenoxy) is 1. The van der Waals surface area contributed by atoms with Gasteiger partial charge in [0, 0.05) is 30.8 Å². The Labute approximate surface area is 141 Å². The van der Waals surface area contributed by atoms with Gasteiger partial charge in [0.2, 0.25) is 0 Å². The van der Waals surface area contributed by atoms with Crippen molar-refractivity contribution < 1.29 is 13.5 Å².